The number of aliphatic carboxylic acids is 2. The summed E-state index contributed by atoms with van der Waals surface area (Å²) in [5.74, 6) is -0.367. The number of hydrogen-bond acceptors (Lipinski definition) is 6. The third kappa shape index (κ3) is 9.32. The Kier molecular flexibility index (Phi) is 11.3. The van der Waals surface area contributed by atoms with Crippen molar-refractivity contribution in [2.24, 2.45) is 5.92 Å². The van der Waals surface area contributed by atoms with E-state index in [4.69, 9.17) is 21.8 Å². The molecule has 0 atom stereocenters. The van der Waals surface area contributed by atoms with Crippen LogP contribution in [-0.4, -0.2) is 46.8 Å². The van der Waals surface area contributed by atoms with Crippen LogP contribution in [0.15, 0.2) is 30.5 Å². The zero-order chi connectivity index (χ0) is 25.8. The molecule has 9 heteroatoms. The Balaban J connectivity index is 0.000000392. The van der Waals surface area contributed by atoms with Gasteiger partial charge in [-0.25, -0.2) is 4.98 Å². The molecule has 0 unspecified atom stereocenters. The molecule has 4 rings (SSSR count). The van der Waals surface area contributed by atoms with Crippen LogP contribution in [0.3, 0.4) is 0 Å². The molecule has 2 aliphatic rings. The van der Waals surface area contributed by atoms with Crippen LogP contribution in [0.25, 0.3) is 0 Å². The molecule has 196 valence electrons. The van der Waals surface area contributed by atoms with E-state index < -0.39 is 11.9 Å². The van der Waals surface area contributed by atoms with Crippen molar-refractivity contribution in [2.75, 3.05) is 30.3 Å². The zero-order valence-electron chi connectivity index (χ0n) is 20.7. The van der Waals surface area contributed by atoms with Crippen molar-refractivity contribution >= 4 is 35.0 Å². The second-order valence-electron chi connectivity index (χ2n) is 9.39. The monoisotopic (exact) mass is 516 g/mol. The van der Waals surface area contributed by atoms with E-state index in [0.29, 0.717) is 0 Å². The number of hydrogen-bond donors (Lipinski definition) is 5. The summed E-state index contributed by atoms with van der Waals surface area (Å²) < 4.78 is 0. The van der Waals surface area contributed by atoms with Crippen LogP contribution in [0.2, 0.25) is 5.02 Å². The molecule has 1 aliphatic carbocycles. The highest BCUT2D eigenvalue weighted by molar-refractivity contribution is 6.33. The van der Waals surface area contributed by atoms with Gasteiger partial charge in [-0.15, -0.1) is 0 Å². The van der Waals surface area contributed by atoms with Gasteiger partial charge in [-0.3, -0.25) is 9.59 Å². The molecule has 1 fully saturated rings. The Morgan fingerprint density at radius 2 is 1.69 bits per heavy atom. The van der Waals surface area contributed by atoms with Crippen LogP contribution in [-0.2, 0) is 29.0 Å². The molecule has 1 aliphatic heterocycles. The van der Waals surface area contributed by atoms with Crippen molar-refractivity contribution in [2.45, 2.75) is 64.3 Å². The molecule has 2 heterocycles. The number of carboxylic acid groups (broad SMARTS) is 2. The van der Waals surface area contributed by atoms with Gasteiger partial charge in [-0.1, -0.05) is 43.0 Å². The highest BCUT2D eigenvalue weighted by Crippen LogP contribution is 2.31. The van der Waals surface area contributed by atoms with Crippen LogP contribution in [0, 0.1) is 5.92 Å². The van der Waals surface area contributed by atoms with Gasteiger partial charge in [0.05, 0.1) is 23.6 Å². The molecular weight excluding hydrogens is 480 g/mol. The molecule has 1 aromatic heterocycles. The molecular formula is C27H37ClN4O4. The smallest absolute Gasteiger partial charge is 0.303 e. The third-order valence-electron chi connectivity index (χ3n) is 6.63. The number of nitrogens with zero attached hydrogens (tertiary/aromatic N) is 1. The predicted molar refractivity (Wildman–Crippen MR) is 143 cm³/mol. The average Bonchev–Trinajstić information content (AvgIpc) is 3.13. The lowest BCUT2D eigenvalue weighted by Gasteiger charge is -2.22. The van der Waals surface area contributed by atoms with Gasteiger partial charge >= 0.3 is 11.9 Å². The second-order valence-corrected chi connectivity index (χ2v) is 9.79. The van der Waals surface area contributed by atoms with E-state index in [0.717, 1.165) is 61.5 Å². The normalized spacial score (nSPS) is 15.6. The lowest BCUT2D eigenvalue weighted by atomic mass is 9.89. The van der Waals surface area contributed by atoms with Crippen molar-refractivity contribution in [3.05, 3.63) is 52.2 Å². The first-order valence-electron chi connectivity index (χ1n) is 12.8. The van der Waals surface area contributed by atoms with Gasteiger partial charge in [-0.2, -0.15) is 0 Å². The van der Waals surface area contributed by atoms with Gasteiger partial charge < -0.3 is 26.2 Å². The van der Waals surface area contributed by atoms with E-state index in [9.17, 15) is 9.59 Å². The first kappa shape index (κ1) is 27.7. The van der Waals surface area contributed by atoms with Gasteiger partial charge in [0.25, 0.3) is 0 Å². The van der Waals surface area contributed by atoms with Crippen molar-refractivity contribution in [1.82, 2.24) is 10.3 Å². The quantitative estimate of drug-likeness (QED) is 0.317. The second kappa shape index (κ2) is 14.7. The predicted octanol–water partition coefficient (Wildman–Crippen LogP) is 4.96. The maximum atomic E-state index is 9.64. The SMILES string of the molecule is Clc1ccc2c(c1NCc1ccc(NCC3CCCCC3)nc1)CCNCC2.O=C(O)CCC(=O)O. The Hall–Kier alpha value is -2.84. The maximum Gasteiger partial charge on any atom is 0.303 e. The molecule has 0 amide bonds. The van der Waals surface area contributed by atoms with Gasteiger partial charge in [0.15, 0.2) is 0 Å². The molecule has 0 saturated heterocycles. The summed E-state index contributed by atoms with van der Waals surface area (Å²) in [5.41, 5.74) is 5.01. The maximum absolute atomic E-state index is 9.64. The summed E-state index contributed by atoms with van der Waals surface area (Å²) in [6, 6.07) is 8.44. The number of rotatable bonds is 9. The van der Waals surface area contributed by atoms with Crippen LogP contribution < -0.4 is 16.0 Å². The molecule has 0 radical (unpaired) electrons. The number of carbonyl (C=O) groups is 2. The summed E-state index contributed by atoms with van der Waals surface area (Å²) in [7, 11) is 0. The summed E-state index contributed by atoms with van der Waals surface area (Å²) in [4.78, 5) is 23.9. The Bertz CT molecular complexity index is 980. The molecule has 5 N–H and O–H groups in total. The molecule has 2 aromatic rings. The molecule has 1 aromatic carbocycles. The highest BCUT2D eigenvalue weighted by atomic mass is 35.5. The number of carboxylic acids is 2. The van der Waals surface area contributed by atoms with E-state index in [2.05, 4.69) is 39.1 Å². The minimum atomic E-state index is -1.08. The Morgan fingerprint density at radius 1 is 0.972 bits per heavy atom. The van der Waals surface area contributed by atoms with E-state index in [1.165, 1.54) is 48.8 Å². The lowest BCUT2D eigenvalue weighted by molar-refractivity contribution is -0.143. The van der Waals surface area contributed by atoms with Crippen molar-refractivity contribution in [1.29, 1.82) is 0 Å². The summed E-state index contributed by atoms with van der Waals surface area (Å²) in [6.45, 7) is 3.82. The molecule has 1 saturated carbocycles. The molecule has 8 nitrogen and oxygen atoms in total. The number of nitrogens with one attached hydrogen (secondary N) is 3. The van der Waals surface area contributed by atoms with Crippen molar-refractivity contribution in [3.63, 3.8) is 0 Å². The topological polar surface area (TPSA) is 124 Å². The largest absolute Gasteiger partial charge is 0.481 e. The fraction of sp³-hybridized carbons (Fsp3) is 0.519. The lowest BCUT2D eigenvalue weighted by Crippen LogP contribution is -2.17. The van der Waals surface area contributed by atoms with Gasteiger partial charge in [0.1, 0.15) is 5.82 Å². The molecule has 0 spiro atoms. The number of benzene rings is 1. The molecule has 36 heavy (non-hydrogen) atoms. The fourth-order valence-corrected chi connectivity index (χ4v) is 4.86. The van der Waals surface area contributed by atoms with E-state index >= 15 is 0 Å². The van der Waals surface area contributed by atoms with Crippen LogP contribution in [0.5, 0.6) is 0 Å². The first-order chi connectivity index (χ1) is 17.4. The summed E-state index contributed by atoms with van der Waals surface area (Å²) in [6.07, 6.45) is 10.3. The van der Waals surface area contributed by atoms with Gasteiger partial charge in [0, 0.05) is 19.3 Å². The van der Waals surface area contributed by atoms with Crippen LogP contribution in [0.1, 0.15) is 61.6 Å². The highest BCUT2D eigenvalue weighted by Gasteiger charge is 2.15. The minimum absolute atomic E-state index is 0.296. The standard InChI is InChI=1S/C23H31ClN4.C4H6O4/c24-21-8-7-19-10-12-25-13-11-20(19)23(21)28-16-18-6-9-22(27-15-18)26-14-17-4-2-1-3-5-17;5-3(6)1-2-4(7)8/h6-9,15,17,25,28H,1-5,10-14,16H2,(H,26,27);1-2H2,(H,5,6)(H,7,8). The number of fused-ring (bicyclic) bond motifs is 1. The number of aromatic nitrogens is 1. The zero-order valence-corrected chi connectivity index (χ0v) is 21.4. The summed E-state index contributed by atoms with van der Waals surface area (Å²) >= 11 is 6.51. The van der Waals surface area contributed by atoms with Crippen LogP contribution >= 0.6 is 11.6 Å². The average molecular weight is 517 g/mol. The Labute approximate surface area is 217 Å². The van der Waals surface area contributed by atoms with Crippen molar-refractivity contribution < 1.29 is 19.8 Å². The Morgan fingerprint density at radius 3 is 2.36 bits per heavy atom. The number of pyridine rings is 1. The minimum Gasteiger partial charge on any atom is -0.481 e. The van der Waals surface area contributed by atoms with E-state index in [-0.39, 0.29) is 12.8 Å². The number of anilines is 2. The number of halogens is 1. The van der Waals surface area contributed by atoms with Crippen LogP contribution in [0.4, 0.5) is 11.5 Å². The van der Waals surface area contributed by atoms with Gasteiger partial charge in [0.2, 0.25) is 0 Å². The van der Waals surface area contributed by atoms with E-state index in [1.807, 2.05) is 12.3 Å². The summed E-state index contributed by atoms with van der Waals surface area (Å²) in [5, 5.41) is 27.2. The third-order valence-corrected chi connectivity index (χ3v) is 6.94. The molecule has 0 bridgehead atoms. The first-order valence-corrected chi connectivity index (χ1v) is 13.2. The van der Waals surface area contributed by atoms with Crippen molar-refractivity contribution in [3.8, 4) is 0 Å². The van der Waals surface area contributed by atoms with E-state index in [1.54, 1.807) is 0 Å². The van der Waals surface area contributed by atoms with Gasteiger partial charge in [-0.05, 0) is 73.5 Å². The fourth-order valence-electron chi connectivity index (χ4n) is 4.61.